The van der Waals surface area contributed by atoms with E-state index in [4.69, 9.17) is 10.5 Å². The molecule has 140 valence electrons. The average molecular weight is 377 g/mol. The van der Waals surface area contributed by atoms with Crippen molar-refractivity contribution in [2.75, 3.05) is 12.4 Å². The Bertz CT molecular complexity index is 760. The van der Waals surface area contributed by atoms with Crippen LogP contribution >= 0.6 is 11.8 Å². The molecule has 1 atom stereocenters. The minimum absolute atomic E-state index is 0.135. The number of carbonyl (C=O) groups is 2. The van der Waals surface area contributed by atoms with Crippen LogP contribution in [0, 0.1) is 0 Å². The number of ether oxygens (including phenoxy) is 1. The maximum atomic E-state index is 12.4. The third-order valence-electron chi connectivity index (χ3n) is 3.71. The van der Waals surface area contributed by atoms with Gasteiger partial charge in [0.1, 0.15) is 11.6 Å². The van der Waals surface area contributed by atoms with Gasteiger partial charge in [-0.25, -0.2) is 0 Å². The molecular weight excluding hydrogens is 354 g/mol. The van der Waals surface area contributed by atoms with Crippen LogP contribution in [0.1, 0.15) is 26.1 Å². The zero-order valence-electron chi connectivity index (χ0n) is 15.1. The molecule has 9 heteroatoms. The van der Waals surface area contributed by atoms with Gasteiger partial charge < -0.3 is 20.4 Å². The number of nitrogens with two attached hydrogens (primary N) is 1. The first-order valence-corrected chi connectivity index (χ1v) is 9.14. The molecule has 0 aliphatic heterocycles. The minimum atomic E-state index is -0.378. The standard InChI is InChI=1S/C17H23N5O3S/c1-4-22-15(10-9-14(18)23)20-21-17(22)26-11(2)16(24)19-12-5-7-13(25-3)8-6-12/h5-8,11H,4,9-10H2,1-3H3,(H2,18,23)(H,19,24). The Kier molecular flexibility index (Phi) is 7.02. The smallest absolute Gasteiger partial charge is 0.237 e. The van der Waals surface area contributed by atoms with Crippen molar-refractivity contribution < 1.29 is 14.3 Å². The number of thioether (sulfide) groups is 1. The maximum absolute atomic E-state index is 12.4. The lowest BCUT2D eigenvalue weighted by molar-refractivity contribution is -0.118. The number of benzene rings is 1. The average Bonchev–Trinajstić information content (AvgIpc) is 3.02. The molecule has 0 spiro atoms. The number of methoxy groups -OCH3 is 1. The van der Waals surface area contributed by atoms with E-state index in [1.807, 2.05) is 11.5 Å². The molecule has 1 unspecified atom stereocenters. The Labute approximate surface area is 156 Å². The first-order chi connectivity index (χ1) is 12.4. The van der Waals surface area contributed by atoms with E-state index in [1.54, 1.807) is 38.3 Å². The third-order valence-corrected chi connectivity index (χ3v) is 4.79. The number of carbonyl (C=O) groups excluding carboxylic acids is 2. The van der Waals surface area contributed by atoms with E-state index >= 15 is 0 Å². The number of hydrogen-bond acceptors (Lipinski definition) is 6. The van der Waals surface area contributed by atoms with Crippen molar-refractivity contribution >= 4 is 29.3 Å². The second-order valence-corrected chi connectivity index (χ2v) is 6.90. The molecule has 2 rings (SSSR count). The van der Waals surface area contributed by atoms with Crippen molar-refractivity contribution in [1.29, 1.82) is 0 Å². The Balaban J connectivity index is 2.00. The van der Waals surface area contributed by atoms with Crippen LogP contribution in [0.5, 0.6) is 5.75 Å². The van der Waals surface area contributed by atoms with Crippen LogP contribution in [0.2, 0.25) is 0 Å². The molecule has 0 aliphatic rings. The lowest BCUT2D eigenvalue weighted by atomic mass is 10.3. The summed E-state index contributed by atoms with van der Waals surface area (Å²) >= 11 is 1.32. The highest BCUT2D eigenvalue weighted by Crippen LogP contribution is 2.24. The molecule has 26 heavy (non-hydrogen) atoms. The minimum Gasteiger partial charge on any atom is -0.497 e. The number of nitrogens with zero attached hydrogens (tertiary/aromatic N) is 3. The second-order valence-electron chi connectivity index (χ2n) is 5.59. The molecule has 0 fully saturated rings. The first kappa shape index (κ1) is 19.8. The van der Waals surface area contributed by atoms with Crippen LogP contribution in [0.3, 0.4) is 0 Å². The molecule has 0 aliphatic carbocycles. The van der Waals surface area contributed by atoms with Gasteiger partial charge in [-0.1, -0.05) is 11.8 Å². The maximum Gasteiger partial charge on any atom is 0.237 e. The summed E-state index contributed by atoms with van der Waals surface area (Å²) < 4.78 is 6.99. The van der Waals surface area contributed by atoms with Crippen LogP contribution in [-0.2, 0) is 22.6 Å². The number of aromatic nitrogens is 3. The topological polar surface area (TPSA) is 112 Å². The summed E-state index contributed by atoms with van der Waals surface area (Å²) in [6.45, 7) is 4.42. The van der Waals surface area contributed by atoms with Crippen molar-refractivity contribution in [2.24, 2.45) is 5.73 Å². The number of primary amides is 1. The highest BCUT2D eigenvalue weighted by Gasteiger charge is 2.20. The Morgan fingerprint density at radius 1 is 1.31 bits per heavy atom. The monoisotopic (exact) mass is 377 g/mol. The number of rotatable bonds is 9. The van der Waals surface area contributed by atoms with Crippen molar-refractivity contribution in [2.45, 2.75) is 43.6 Å². The highest BCUT2D eigenvalue weighted by molar-refractivity contribution is 8.00. The normalized spacial score (nSPS) is 11.8. The van der Waals surface area contributed by atoms with Gasteiger partial charge in [0.25, 0.3) is 0 Å². The van der Waals surface area contributed by atoms with Gasteiger partial charge in [0, 0.05) is 25.1 Å². The van der Waals surface area contributed by atoms with E-state index in [1.165, 1.54) is 11.8 Å². The fourth-order valence-corrected chi connectivity index (χ4v) is 3.21. The van der Waals surface area contributed by atoms with Crippen LogP contribution in [0.15, 0.2) is 29.4 Å². The van der Waals surface area contributed by atoms with E-state index < -0.39 is 0 Å². The highest BCUT2D eigenvalue weighted by atomic mass is 32.2. The predicted octanol–water partition coefficient (Wildman–Crippen LogP) is 1.84. The van der Waals surface area contributed by atoms with E-state index in [0.717, 1.165) is 5.75 Å². The quantitative estimate of drug-likeness (QED) is 0.645. The van der Waals surface area contributed by atoms with Crippen LogP contribution in [0.4, 0.5) is 5.69 Å². The van der Waals surface area contributed by atoms with Crippen molar-refractivity contribution in [3.05, 3.63) is 30.1 Å². The molecule has 2 aromatic rings. The number of amides is 2. The number of aryl methyl sites for hydroxylation is 1. The zero-order valence-corrected chi connectivity index (χ0v) is 15.9. The zero-order chi connectivity index (χ0) is 19.1. The molecule has 1 aromatic carbocycles. The summed E-state index contributed by atoms with van der Waals surface area (Å²) in [5.41, 5.74) is 5.88. The molecule has 0 saturated heterocycles. The van der Waals surface area contributed by atoms with Gasteiger partial charge in [-0.05, 0) is 38.1 Å². The van der Waals surface area contributed by atoms with E-state index in [9.17, 15) is 9.59 Å². The van der Waals surface area contributed by atoms with Crippen LogP contribution in [-0.4, -0.2) is 38.9 Å². The largest absolute Gasteiger partial charge is 0.497 e. The van der Waals surface area contributed by atoms with Gasteiger partial charge >= 0.3 is 0 Å². The van der Waals surface area contributed by atoms with Crippen molar-refractivity contribution in [3.8, 4) is 5.75 Å². The van der Waals surface area contributed by atoms with Gasteiger partial charge in [0.05, 0.1) is 12.4 Å². The van der Waals surface area contributed by atoms with Gasteiger partial charge in [-0.15, -0.1) is 10.2 Å². The van der Waals surface area contributed by atoms with E-state index in [2.05, 4.69) is 15.5 Å². The van der Waals surface area contributed by atoms with E-state index in [0.29, 0.717) is 29.6 Å². The van der Waals surface area contributed by atoms with Crippen LogP contribution < -0.4 is 15.8 Å². The molecule has 0 bridgehead atoms. The van der Waals surface area contributed by atoms with Gasteiger partial charge in [0.2, 0.25) is 11.8 Å². The molecule has 3 N–H and O–H groups in total. The second kappa shape index (κ2) is 9.23. The molecular formula is C17H23N5O3S. The summed E-state index contributed by atoms with van der Waals surface area (Å²) in [5.74, 6) is 0.906. The van der Waals surface area contributed by atoms with E-state index in [-0.39, 0.29) is 23.5 Å². The predicted molar refractivity (Wildman–Crippen MR) is 100 cm³/mol. The molecule has 2 amide bonds. The van der Waals surface area contributed by atoms with Crippen molar-refractivity contribution in [3.63, 3.8) is 0 Å². The molecule has 0 radical (unpaired) electrons. The summed E-state index contributed by atoms with van der Waals surface area (Å²) in [7, 11) is 1.59. The summed E-state index contributed by atoms with van der Waals surface area (Å²) in [6, 6.07) is 7.13. The Hall–Kier alpha value is -2.55. The fraction of sp³-hybridized carbons (Fsp3) is 0.412. The Morgan fingerprint density at radius 2 is 2.00 bits per heavy atom. The molecule has 0 saturated carbocycles. The number of anilines is 1. The van der Waals surface area contributed by atoms with Gasteiger partial charge in [-0.2, -0.15) is 0 Å². The molecule has 1 aromatic heterocycles. The number of hydrogen-bond donors (Lipinski definition) is 2. The lowest BCUT2D eigenvalue weighted by Crippen LogP contribution is -2.23. The van der Waals surface area contributed by atoms with Crippen LogP contribution in [0.25, 0.3) is 0 Å². The Morgan fingerprint density at radius 3 is 2.58 bits per heavy atom. The molecule has 8 nitrogen and oxygen atoms in total. The van der Waals surface area contributed by atoms with Gasteiger partial charge in [-0.3, -0.25) is 9.59 Å². The lowest BCUT2D eigenvalue weighted by Gasteiger charge is -2.13. The first-order valence-electron chi connectivity index (χ1n) is 8.26. The SMILES string of the molecule is CCn1c(CCC(N)=O)nnc1SC(C)C(=O)Nc1ccc(OC)cc1. The summed E-state index contributed by atoms with van der Waals surface area (Å²) in [6.07, 6.45) is 0.652. The molecule has 1 heterocycles. The number of nitrogens with one attached hydrogen (secondary N) is 1. The van der Waals surface area contributed by atoms with Crippen molar-refractivity contribution in [1.82, 2.24) is 14.8 Å². The van der Waals surface area contributed by atoms with Gasteiger partial charge in [0.15, 0.2) is 5.16 Å². The summed E-state index contributed by atoms with van der Waals surface area (Å²) in [4.78, 5) is 23.4. The third kappa shape index (κ3) is 5.22. The summed E-state index contributed by atoms with van der Waals surface area (Å²) in [5, 5.41) is 11.4. The fourth-order valence-electron chi connectivity index (χ4n) is 2.27.